The van der Waals surface area contributed by atoms with Crippen LogP contribution in [0, 0.1) is 0 Å². The molecular weight excluding hydrogens is 410 g/mol. The van der Waals surface area contributed by atoms with Crippen LogP contribution in [-0.4, -0.2) is 67.2 Å². The zero-order chi connectivity index (χ0) is 22.5. The van der Waals surface area contributed by atoms with Gasteiger partial charge in [-0.25, -0.2) is 0 Å². The molecule has 0 spiro atoms. The van der Waals surface area contributed by atoms with E-state index in [1.54, 1.807) is 29.2 Å². The highest BCUT2D eigenvalue weighted by atomic mass is 16.7. The van der Waals surface area contributed by atoms with E-state index in [1.165, 1.54) is 0 Å². The number of benzene rings is 2. The van der Waals surface area contributed by atoms with Crippen molar-refractivity contribution in [2.75, 3.05) is 39.5 Å². The second kappa shape index (κ2) is 9.91. The van der Waals surface area contributed by atoms with Gasteiger partial charge in [0.25, 0.3) is 5.91 Å². The number of hydrogen-bond acceptors (Lipinski definition) is 6. The van der Waals surface area contributed by atoms with E-state index in [1.807, 2.05) is 32.0 Å². The monoisotopic (exact) mass is 439 g/mol. The van der Waals surface area contributed by atoms with E-state index in [-0.39, 0.29) is 31.3 Å². The predicted octanol–water partition coefficient (Wildman–Crippen LogP) is 2.28. The molecule has 0 aromatic heterocycles. The van der Waals surface area contributed by atoms with Gasteiger partial charge in [0, 0.05) is 38.3 Å². The molecule has 8 heteroatoms. The van der Waals surface area contributed by atoms with Crippen molar-refractivity contribution in [3.63, 3.8) is 0 Å². The zero-order valence-electron chi connectivity index (χ0n) is 18.5. The second-order valence-electron chi connectivity index (χ2n) is 8.22. The smallest absolute Gasteiger partial charge is 0.251 e. The van der Waals surface area contributed by atoms with Crippen LogP contribution in [0.4, 0.5) is 0 Å². The minimum Gasteiger partial charge on any atom is -0.491 e. The molecule has 0 aliphatic carbocycles. The molecule has 170 valence electrons. The SMILES string of the molecule is CC(C)Oc1ccc(C(=O)NCC(=O)N2CCN(Cc3ccc4c(c3)OCO4)CC2)cc1. The molecule has 4 rings (SSSR count). The lowest BCUT2D eigenvalue weighted by molar-refractivity contribution is -0.131. The Bertz CT molecular complexity index is 953. The van der Waals surface area contributed by atoms with E-state index >= 15 is 0 Å². The van der Waals surface area contributed by atoms with Gasteiger partial charge in [-0.3, -0.25) is 14.5 Å². The van der Waals surface area contributed by atoms with Gasteiger partial charge in [0.05, 0.1) is 12.6 Å². The summed E-state index contributed by atoms with van der Waals surface area (Å²) < 4.78 is 16.4. The number of nitrogens with one attached hydrogen (secondary N) is 1. The minimum atomic E-state index is -0.268. The Labute approximate surface area is 188 Å². The van der Waals surface area contributed by atoms with Crippen LogP contribution < -0.4 is 19.5 Å². The third kappa shape index (κ3) is 5.50. The second-order valence-corrected chi connectivity index (χ2v) is 8.22. The molecule has 2 aromatic carbocycles. The average Bonchev–Trinajstić information content (AvgIpc) is 3.26. The van der Waals surface area contributed by atoms with Crippen LogP contribution in [0.5, 0.6) is 17.2 Å². The highest BCUT2D eigenvalue weighted by Crippen LogP contribution is 2.32. The molecular formula is C24H29N3O5. The summed E-state index contributed by atoms with van der Waals surface area (Å²) in [6, 6.07) is 12.9. The van der Waals surface area contributed by atoms with Gasteiger partial charge in [0.2, 0.25) is 12.7 Å². The van der Waals surface area contributed by atoms with Gasteiger partial charge in [0.15, 0.2) is 11.5 Å². The number of carbonyl (C=O) groups excluding carboxylic acids is 2. The van der Waals surface area contributed by atoms with Crippen molar-refractivity contribution in [3.05, 3.63) is 53.6 Å². The number of hydrogen-bond donors (Lipinski definition) is 1. The highest BCUT2D eigenvalue weighted by molar-refractivity contribution is 5.96. The molecule has 2 heterocycles. The molecule has 2 aliphatic rings. The number of piperazine rings is 1. The molecule has 0 atom stereocenters. The van der Waals surface area contributed by atoms with Gasteiger partial charge >= 0.3 is 0 Å². The lowest BCUT2D eigenvalue weighted by Crippen LogP contribution is -2.50. The van der Waals surface area contributed by atoms with Gasteiger partial charge in [-0.1, -0.05) is 6.07 Å². The Balaban J connectivity index is 1.20. The normalized spacial score (nSPS) is 15.7. The third-order valence-electron chi connectivity index (χ3n) is 5.46. The predicted molar refractivity (Wildman–Crippen MR) is 119 cm³/mol. The summed E-state index contributed by atoms with van der Waals surface area (Å²) >= 11 is 0. The van der Waals surface area contributed by atoms with Crippen LogP contribution in [0.3, 0.4) is 0 Å². The maximum absolute atomic E-state index is 12.5. The van der Waals surface area contributed by atoms with Crippen LogP contribution in [0.1, 0.15) is 29.8 Å². The van der Waals surface area contributed by atoms with E-state index in [0.717, 1.165) is 36.7 Å². The van der Waals surface area contributed by atoms with Crippen molar-refractivity contribution in [1.82, 2.24) is 15.1 Å². The van der Waals surface area contributed by atoms with E-state index < -0.39 is 0 Å². The van der Waals surface area contributed by atoms with Crippen LogP contribution in [-0.2, 0) is 11.3 Å². The minimum absolute atomic E-state index is 0.00869. The van der Waals surface area contributed by atoms with E-state index in [0.29, 0.717) is 24.4 Å². The molecule has 1 fully saturated rings. The first kappa shape index (κ1) is 22.0. The molecule has 0 bridgehead atoms. The fraction of sp³-hybridized carbons (Fsp3) is 0.417. The van der Waals surface area contributed by atoms with Gasteiger partial charge in [-0.05, 0) is 55.8 Å². The van der Waals surface area contributed by atoms with Gasteiger partial charge < -0.3 is 24.4 Å². The van der Waals surface area contributed by atoms with Crippen LogP contribution in [0.25, 0.3) is 0 Å². The first-order valence-electron chi connectivity index (χ1n) is 10.9. The number of nitrogens with zero attached hydrogens (tertiary/aromatic N) is 2. The largest absolute Gasteiger partial charge is 0.491 e. The number of amides is 2. The maximum atomic E-state index is 12.5. The van der Waals surface area contributed by atoms with Gasteiger partial charge in [-0.15, -0.1) is 0 Å². The molecule has 8 nitrogen and oxygen atoms in total. The summed E-state index contributed by atoms with van der Waals surface area (Å²) in [5.74, 6) is 1.95. The highest BCUT2D eigenvalue weighted by Gasteiger charge is 2.22. The third-order valence-corrected chi connectivity index (χ3v) is 5.46. The molecule has 2 aliphatic heterocycles. The number of ether oxygens (including phenoxy) is 3. The summed E-state index contributed by atoms with van der Waals surface area (Å²) in [4.78, 5) is 29.0. The number of carbonyl (C=O) groups is 2. The topological polar surface area (TPSA) is 80.3 Å². The van der Waals surface area contributed by atoms with Crippen molar-refractivity contribution in [1.29, 1.82) is 0 Å². The first-order chi connectivity index (χ1) is 15.5. The van der Waals surface area contributed by atoms with E-state index in [9.17, 15) is 9.59 Å². The van der Waals surface area contributed by atoms with Crippen molar-refractivity contribution in [2.45, 2.75) is 26.5 Å². The first-order valence-corrected chi connectivity index (χ1v) is 10.9. The maximum Gasteiger partial charge on any atom is 0.251 e. The van der Waals surface area contributed by atoms with Crippen molar-refractivity contribution in [2.24, 2.45) is 0 Å². The Morgan fingerprint density at radius 3 is 2.44 bits per heavy atom. The quantitative estimate of drug-likeness (QED) is 0.713. The summed E-state index contributed by atoms with van der Waals surface area (Å²) in [6.45, 7) is 7.80. The fourth-order valence-corrected chi connectivity index (χ4v) is 3.78. The number of rotatable bonds is 7. The molecule has 32 heavy (non-hydrogen) atoms. The molecule has 2 aromatic rings. The molecule has 2 amide bonds. The van der Waals surface area contributed by atoms with Gasteiger partial charge in [-0.2, -0.15) is 0 Å². The Kier molecular flexibility index (Phi) is 6.80. The lowest BCUT2D eigenvalue weighted by atomic mass is 10.1. The van der Waals surface area contributed by atoms with Crippen molar-refractivity contribution >= 4 is 11.8 Å². The average molecular weight is 440 g/mol. The number of fused-ring (bicyclic) bond motifs is 1. The Morgan fingerprint density at radius 2 is 1.72 bits per heavy atom. The van der Waals surface area contributed by atoms with E-state index in [4.69, 9.17) is 14.2 Å². The molecule has 1 N–H and O–H groups in total. The summed E-state index contributed by atoms with van der Waals surface area (Å²) in [6.07, 6.45) is 0.0739. The lowest BCUT2D eigenvalue weighted by Gasteiger charge is -2.34. The zero-order valence-corrected chi connectivity index (χ0v) is 18.5. The van der Waals surface area contributed by atoms with Crippen LogP contribution >= 0.6 is 0 Å². The standard InChI is InChI=1S/C24H29N3O5/c1-17(2)32-20-6-4-19(5-7-20)24(29)25-14-23(28)27-11-9-26(10-12-27)15-18-3-8-21-22(13-18)31-16-30-21/h3-8,13,17H,9-12,14-16H2,1-2H3,(H,25,29). The van der Waals surface area contributed by atoms with Crippen LogP contribution in [0.2, 0.25) is 0 Å². The molecule has 0 saturated carbocycles. The Morgan fingerprint density at radius 1 is 1.00 bits per heavy atom. The van der Waals surface area contributed by atoms with Gasteiger partial charge in [0.1, 0.15) is 5.75 Å². The molecule has 1 saturated heterocycles. The van der Waals surface area contributed by atoms with Crippen molar-refractivity contribution in [3.8, 4) is 17.2 Å². The molecule has 0 radical (unpaired) electrons. The fourth-order valence-electron chi connectivity index (χ4n) is 3.78. The van der Waals surface area contributed by atoms with Crippen LogP contribution in [0.15, 0.2) is 42.5 Å². The summed E-state index contributed by atoms with van der Waals surface area (Å²) in [5.41, 5.74) is 1.66. The summed E-state index contributed by atoms with van der Waals surface area (Å²) in [5, 5.41) is 2.72. The Hall–Kier alpha value is -3.26. The van der Waals surface area contributed by atoms with Crippen molar-refractivity contribution < 1.29 is 23.8 Å². The van der Waals surface area contributed by atoms with E-state index in [2.05, 4.69) is 10.2 Å². The summed E-state index contributed by atoms with van der Waals surface area (Å²) in [7, 11) is 0. The molecule has 0 unspecified atom stereocenters.